The number of halogens is 4. The highest BCUT2D eigenvalue weighted by Gasteiger charge is 2.54. The van der Waals surface area contributed by atoms with Crippen LogP contribution in [0.4, 0.5) is 18.9 Å². The van der Waals surface area contributed by atoms with E-state index in [4.69, 9.17) is 11.6 Å². The van der Waals surface area contributed by atoms with Crippen LogP contribution >= 0.6 is 11.6 Å². The zero-order chi connectivity index (χ0) is 28.1. The molecular formula is C25H21ClF3N5O5. The van der Waals surface area contributed by atoms with Crippen LogP contribution in [0.15, 0.2) is 30.3 Å². The van der Waals surface area contributed by atoms with Crippen molar-refractivity contribution in [3.63, 3.8) is 0 Å². The van der Waals surface area contributed by atoms with Gasteiger partial charge in [0, 0.05) is 29.6 Å². The maximum absolute atomic E-state index is 14.5. The number of hydrogen-bond donors (Lipinski definition) is 3. The molecule has 2 aromatic carbocycles. The number of carbonyl (C=O) groups is 4. The van der Waals surface area contributed by atoms with Gasteiger partial charge < -0.3 is 20.2 Å². The summed E-state index contributed by atoms with van der Waals surface area (Å²) in [5.41, 5.74) is -0.455. The summed E-state index contributed by atoms with van der Waals surface area (Å²) in [7, 11) is 0. The van der Waals surface area contributed by atoms with E-state index in [0.29, 0.717) is 5.52 Å². The minimum absolute atomic E-state index is 0.0667. The summed E-state index contributed by atoms with van der Waals surface area (Å²) in [6.07, 6.45) is -2.63. The fourth-order valence-corrected chi connectivity index (χ4v) is 5.63. The van der Waals surface area contributed by atoms with E-state index in [1.165, 1.54) is 23.1 Å². The molecule has 0 radical (unpaired) electrons. The number of aromatic amines is 1. The highest BCUT2D eigenvalue weighted by Crippen LogP contribution is 2.51. The van der Waals surface area contributed by atoms with Crippen molar-refractivity contribution in [3.8, 4) is 0 Å². The molecule has 0 aliphatic carbocycles. The number of aromatic carboxylic acids is 1. The number of carbonyl (C=O) groups excluding carboxylic acids is 3. The first-order valence-corrected chi connectivity index (χ1v) is 12.3. The van der Waals surface area contributed by atoms with E-state index in [1.54, 1.807) is 6.07 Å². The van der Waals surface area contributed by atoms with Gasteiger partial charge in [0.15, 0.2) is 5.69 Å². The van der Waals surface area contributed by atoms with Crippen molar-refractivity contribution in [2.45, 2.75) is 24.7 Å². The van der Waals surface area contributed by atoms with Gasteiger partial charge in [-0.25, -0.2) is 18.0 Å². The second-order valence-corrected chi connectivity index (χ2v) is 9.73. The van der Waals surface area contributed by atoms with E-state index >= 15 is 0 Å². The smallest absolute Gasteiger partial charge is 0.357 e. The van der Waals surface area contributed by atoms with Crippen LogP contribution in [-0.4, -0.2) is 76.5 Å². The maximum atomic E-state index is 14.5. The van der Waals surface area contributed by atoms with E-state index < -0.39 is 54.4 Å². The summed E-state index contributed by atoms with van der Waals surface area (Å²) in [4.78, 5) is 53.3. The summed E-state index contributed by atoms with van der Waals surface area (Å²) in [6.45, 7) is -1.27. The van der Waals surface area contributed by atoms with Crippen molar-refractivity contribution in [2.24, 2.45) is 0 Å². The number of nitrogens with one attached hydrogen (secondary N) is 2. The zero-order valence-corrected chi connectivity index (χ0v) is 20.9. The standard InChI is InChI=1S/C25H21ClF3N5O5/c26-20-14(27)2-4-16-19(20)25(24(39)34(16)11-18(35)30-10-17(28)29)5-7-33(8-6-25)22(36)12-1-3-15-13(9-12)21(23(37)38)32-31-15/h1-4,9,17H,5-8,10-11H2,(H,30,35)(H,31,32)(H,37,38). The SMILES string of the molecule is O=C(CN1C(=O)C2(CCN(C(=O)c3ccc4[nH]nc(C(=O)O)c4c3)CC2)c2c1ccc(F)c2Cl)NCC(F)F. The average Bonchev–Trinajstić information content (AvgIpc) is 3.43. The van der Waals surface area contributed by atoms with E-state index in [2.05, 4.69) is 15.5 Å². The van der Waals surface area contributed by atoms with E-state index in [-0.39, 0.29) is 58.8 Å². The van der Waals surface area contributed by atoms with Crippen LogP contribution in [0.1, 0.15) is 39.3 Å². The van der Waals surface area contributed by atoms with Crippen LogP contribution in [0, 0.1) is 5.82 Å². The number of fused-ring (bicyclic) bond motifs is 3. The monoisotopic (exact) mass is 563 g/mol. The zero-order valence-electron chi connectivity index (χ0n) is 20.1. The minimum Gasteiger partial charge on any atom is -0.476 e. The van der Waals surface area contributed by atoms with Gasteiger partial charge in [-0.15, -0.1) is 0 Å². The Morgan fingerprint density at radius 1 is 1.18 bits per heavy atom. The largest absolute Gasteiger partial charge is 0.476 e. The molecule has 3 aromatic rings. The van der Waals surface area contributed by atoms with Gasteiger partial charge in [-0.1, -0.05) is 11.6 Å². The van der Waals surface area contributed by atoms with Gasteiger partial charge in [0.1, 0.15) is 12.4 Å². The van der Waals surface area contributed by atoms with Crippen LogP contribution < -0.4 is 10.2 Å². The quantitative estimate of drug-likeness (QED) is 0.422. The summed E-state index contributed by atoms with van der Waals surface area (Å²) >= 11 is 6.32. The second-order valence-electron chi connectivity index (χ2n) is 9.35. The maximum Gasteiger partial charge on any atom is 0.357 e. The number of rotatable bonds is 6. The molecule has 39 heavy (non-hydrogen) atoms. The molecule has 10 nitrogen and oxygen atoms in total. The second kappa shape index (κ2) is 9.88. The van der Waals surface area contributed by atoms with E-state index in [1.807, 2.05) is 0 Å². The molecule has 1 fully saturated rings. The van der Waals surface area contributed by atoms with Crippen LogP contribution in [0.2, 0.25) is 5.02 Å². The number of benzene rings is 2. The molecule has 5 rings (SSSR count). The Labute approximate surface area is 223 Å². The molecule has 0 unspecified atom stereocenters. The van der Waals surface area contributed by atoms with Gasteiger partial charge in [0.25, 0.3) is 12.3 Å². The molecule has 204 valence electrons. The molecule has 3 N–H and O–H groups in total. The number of hydrogen-bond acceptors (Lipinski definition) is 5. The molecular weight excluding hydrogens is 543 g/mol. The molecule has 0 atom stereocenters. The topological polar surface area (TPSA) is 136 Å². The van der Waals surface area contributed by atoms with Crippen LogP contribution in [0.5, 0.6) is 0 Å². The van der Waals surface area contributed by atoms with Crippen LogP contribution in [-0.2, 0) is 15.0 Å². The van der Waals surface area contributed by atoms with E-state index in [0.717, 1.165) is 11.0 Å². The molecule has 3 heterocycles. The lowest BCUT2D eigenvalue weighted by atomic mass is 9.73. The fourth-order valence-electron chi connectivity index (χ4n) is 5.29. The van der Waals surface area contributed by atoms with Gasteiger partial charge in [0.2, 0.25) is 11.8 Å². The van der Waals surface area contributed by atoms with Crippen molar-refractivity contribution in [3.05, 3.63) is 58.0 Å². The molecule has 1 spiro atoms. The predicted molar refractivity (Wildman–Crippen MR) is 133 cm³/mol. The average molecular weight is 564 g/mol. The molecule has 2 aliphatic rings. The van der Waals surface area contributed by atoms with Gasteiger partial charge in [-0.3, -0.25) is 19.5 Å². The normalized spacial score (nSPS) is 16.3. The van der Waals surface area contributed by atoms with Gasteiger partial charge in [-0.2, -0.15) is 5.10 Å². The number of alkyl halides is 2. The molecule has 0 saturated carbocycles. The highest BCUT2D eigenvalue weighted by atomic mass is 35.5. The third-order valence-electron chi connectivity index (χ3n) is 7.17. The lowest BCUT2D eigenvalue weighted by Gasteiger charge is -2.38. The Bertz CT molecular complexity index is 1520. The van der Waals surface area contributed by atoms with Crippen LogP contribution in [0.3, 0.4) is 0 Å². The minimum atomic E-state index is -2.77. The number of aromatic nitrogens is 2. The number of H-pyrrole nitrogens is 1. The summed E-state index contributed by atoms with van der Waals surface area (Å²) < 4.78 is 39.6. The first-order chi connectivity index (χ1) is 18.5. The Morgan fingerprint density at radius 3 is 2.56 bits per heavy atom. The first kappa shape index (κ1) is 26.5. The van der Waals surface area contributed by atoms with Crippen molar-refractivity contribution in [2.75, 3.05) is 31.1 Å². The van der Waals surface area contributed by atoms with E-state index in [9.17, 15) is 37.5 Å². The lowest BCUT2D eigenvalue weighted by molar-refractivity contribution is -0.127. The number of carboxylic acids is 1. The predicted octanol–water partition coefficient (Wildman–Crippen LogP) is 2.96. The number of likely N-dealkylation sites (tertiary alicyclic amines) is 1. The third kappa shape index (κ3) is 4.46. The summed E-state index contributed by atoms with van der Waals surface area (Å²) in [5, 5.41) is 17.7. The number of amides is 3. The Balaban J connectivity index is 1.40. The van der Waals surface area contributed by atoms with Crippen molar-refractivity contribution in [1.29, 1.82) is 0 Å². The van der Waals surface area contributed by atoms with Crippen molar-refractivity contribution < 1.29 is 37.5 Å². The molecule has 14 heteroatoms. The van der Waals surface area contributed by atoms with Crippen molar-refractivity contribution >= 4 is 51.9 Å². The third-order valence-corrected chi connectivity index (χ3v) is 7.54. The lowest BCUT2D eigenvalue weighted by Crippen LogP contribution is -2.51. The Hall–Kier alpha value is -4.13. The summed E-state index contributed by atoms with van der Waals surface area (Å²) in [6, 6.07) is 6.89. The number of piperidine rings is 1. The van der Waals surface area contributed by atoms with Gasteiger partial charge >= 0.3 is 5.97 Å². The molecule has 0 bridgehead atoms. The highest BCUT2D eigenvalue weighted by molar-refractivity contribution is 6.33. The first-order valence-electron chi connectivity index (χ1n) is 11.9. The Kier molecular flexibility index (Phi) is 6.70. The number of anilines is 1. The molecule has 1 aromatic heterocycles. The van der Waals surface area contributed by atoms with Gasteiger partial charge in [0.05, 0.1) is 28.2 Å². The molecule has 2 aliphatic heterocycles. The summed E-state index contributed by atoms with van der Waals surface area (Å²) in [5.74, 6) is -3.75. The Morgan fingerprint density at radius 2 is 1.90 bits per heavy atom. The fraction of sp³-hybridized carbons (Fsp3) is 0.320. The molecule has 1 saturated heterocycles. The number of nitrogens with zero attached hydrogens (tertiary/aromatic N) is 3. The number of carboxylic acid groups (broad SMARTS) is 1. The van der Waals surface area contributed by atoms with Crippen molar-refractivity contribution in [1.82, 2.24) is 20.4 Å². The van der Waals surface area contributed by atoms with Gasteiger partial charge in [-0.05, 0) is 43.2 Å². The van der Waals surface area contributed by atoms with Crippen LogP contribution in [0.25, 0.3) is 10.9 Å². The molecule has 3 amide bonds.